The minimum atomic E-state index is 0.441. The van der Waals surface area contributed by atoms with Crippen LogP contribution in [-0.4, -0.2) is 34.6 Å². The van der Waals surface area contributed by atoms with Crippen LogP contribution in [0.4, 0.5) is 0 Å². The predicted molar refractivity (Wildman–Crippen MR) is 111 cm³/mol. The van der Waals surface area contributed by atoms with Gasteiger partial charge in [0.05, 0.1) is 26.4 Å². The molecule has 2 aromatic heterocycles. The Labute approximate surface area is 177 Å². The van der Waals surface area contributed by atoms with Crippen LogP contribution in [0.3, 0.4) is 0 Å². The first kappa shape index (κ1) is 20.0. The van der Waals surface area contributed by atoms with E-state index in [2.05, 4.69) is 20.4 Å². The Hall–Kier alpha value is -3.33. The van der Waals surface area contributed by atoms with Crippen molar-refractivity contribution in [3.05, 3.63) is 65.4 Å². The van der Waals surface area contributed by atoms with Gasteiger partial charge in [-0.2, -0.15) is 0 Å². The maximum Gasteiger partial charge on any atom is 0.277 e. The molecule has 2 heterocycles. The van der Waals surface area contributed by atoms with Crippen molar-refractivity contribution in [1.82, 2.24) is 20.4 Å². The van der Waals surface area contributed by atoms with Crippen LogP contribution >= 0.6 is 11.8 Å². The van der Waals surface area contributed by atoms with Crippen molar-refractivity contribution in [2.45, 2.75) is 24.3 Å². The van der Waals surface area contributed by atoms with E-state index in [9.17, 15) is 0 Å². The molecule has 0 saturated carbocycles. The zero-order valence-corrected chi connectivity index (χ0v) is 17.6. The SMILES string of the molecule is COc1ccc(Cc2nnc(SCc3nnc(-c4cccc(C)c4)o3)o2)cc1OC. The fraction of sp³-hybridized carbons (Fsp3) is 0.238. The van der Waals surface area contributed by atoms with E-state index >= 15 is 0 Å². The number of ether oxygens (including phenoxy) is 2. The molecule has 30 heavy (non-hydrogen) atoms. The van der Waals surface area contributed by atoms with Gasteiger partial charge in [0.15, 0.2) is 11.5 Å². The Balaban J connectivity index is 1.37. The molecule has 0 aliphatic heterocycles. The second-order valence-corrected chi connectivity index (χ2v) is 7.41. The van der Waals surface area contributed by atoms with Crippen molar-refractivity contribution in [3.63, 3.8) is 0 Å². The lowest BCUT2D eigenvalue weighted by Gasteiger charge is -2.08. The summed E-state index contributed by atoms with van der Waals surface area (Å²) in [5, 5.41) is 16.8. The molecule has 2 aromatic carbocycles. The molecule has 0 N–H and O–H groups in total. The molecule has 0 fully saturated rings. The molecule has 0 spiro atoms. The van der Waals surface area contributed by atoms with Crippen LogP contribution in [0.25, 0.3) is 11.5 Å². The average molecular weight is 424 g/mol. The molecule has 9 heteroatoms. The van der Waals surface area contributed by atoms with Crippen molar-refractivity contribution >= 4 is 11.8 Å². The highest BCUT2D eigenvalue weighted by Gasteiger charge is 2.13. The van der Waals surface area contributed by atoms with Gasteiger partial charge in [0.2, 0.25) is 17.7 Å². The van der Waals surface area contributed by atoms with E-state index < -0.39 is 0 Å². The van der Waals surface area contributed by atoms with Crippen LogP contribution in [0.1, 0.15) is 22.9 Å². The van der Waals surface area contributed by atoms with Crippen molar-refractivity contribution in [3.8, 4) is 23.0 Å². The van der Waals surface area contributed by atoms with Crippen molar-refractivity contribution < 1.29 is 18.3 Å². The molecule has 0 saturated heterocycles. The highest BCUT2D eigenvalue weighted by Crippen LogP contribution is 2.29. The summed E-state index contributed by atoms with van der Waals surface area (Å²) in [6.07, 6.45) is 0.492. The molecule has 0 amide bonds. The van der Waals surface area contributed by atoms with Gasteiger partial charge in [0.25, 0.3) is 5.22 Å². The van der Waals surface area contributed by atoms with Crippen LogP contribution in [-0.2, 0) is 12.2 Å². The lowest BCUT2D eigenvalue weighted by Crippen LogP contribution is -1.94. The van der Waals surface area contributed by atoms with Gasteiger partial charge >= 0.3 is 0 Å². The van der Waals surface area contributed by atoms with Crippen LogP contribution < -0.4 is 9.47 Å². The highest BCUT2D eigenvalue weighted by molar-refractivity contribution is 7.98. The Morgan fingerprint density at radius 3 is 2.50 bits per heavy atom. The number of benzene rings is 2. The first-order valence-electron chi connectivity index (χ1n) is 9.20. The van der Waals surface area contributed by atoms with Crippen molar-refractivity contribution in [2.24, 2.45) is 0 Å². The van der Waals surface area contributed by atoms with Crippen molar-refractivity contribution in [2.75, 3.05) is 14.2 Å². The number of methoxy groups -OCH3 is 2. The van der Waals surface area contributed by atoms with Gasteiger partial charge in [-0.3, -0.25) is 0 Å². The van der Waals surface area contributed by atoms with Gasteiger partial charge in [0, 0.05) is 5.56 Å². The largest absolute Gasteiger partial charge is 0.493 e. The van der Waals surface area contributed by atoms with Crippen LogP contribution in [0.15, 0.2) is 56.5 Å². The lowest BCUT2D eigenvalue weighted by atomic mass is 10.1. The van der Waals surface area contributed by atoms with Gasteiger partial charge in [-0.25, -0.2) is 0 Å². The zero-order chi connectivity index (χ0) is 20.9. The summed E-state index contributed by atoms with van der Waals surface area (Å²) in [4.78, 5) is 0. The second-order valence-electron chi connectivity index (χ2n) is 6.49. The number of hydrogen-bond donors (Lipinski definition) is 0. The number of nitrogens with zero attached hydrogens (tertiary/aromatic N) is 4. The van der Waals surface area contributed by atoms with Gasteiger partial charge in [-0.05, 0) is 36.8 Å². The zero-order valence-electron chi connectivity index (χ0n) is 16.8. The third kappa shape index (κ3) is 4.62. The molecular weight excluding hydrogens is 404 g/mol. The molecule has 0 aliphatic rings. The van der Waals surface area contributed by atoms with E-state index in [4.69, 9.17) is 18.3 Å². The Kier molecular flexibility index (Phi) is 5.99. The molecular formula is C21H20N4O4S. The first-order chi connectivity index (χ1) is 14.6. The summed E-state index contributed by atoms with van der Waals surface area (Å²) in [7, 11) is 3.21. The standard InChI is InChI=1S/C21H20N4O4S/c1-13-5-4-6-15(9-13)20-24-23-19(28-20)12-30-21-25-22-18(29-21)11-14-7-8-16(26-2)17(10-14)27-3/h4-10H,11-12H2,1-3H3. The molecule has 0 bridgehead atoms. The topological polar surface area (TPSA) is 96.3 Å². The third-order valence-electron chi connectivity index (χ3n) is 4.30. The molecule has 154 valence electrons. The van der Waals surface area contributed by atoms with E-state index in [1.165, 1.54) is 11.8 Å². The summed E-state index contributed by atoms with van der Waals surface area (Å²) < 4.78 is 22.0. The molecule has 0 aliphatic carbocycles. The summed E-state index contributed by atoms with van der Waals surface area (Å²) in [6, 6.07) is 13.6. The molecule has 0 radical (unpaired) electrons. The number of aryl methyl sites for hydroxylation is 1. The lowest BCUT2D eigenvalue weighted by molar-refractivity contribution is 0.354. The number of aromatic nitrogens is 4. The summed E-state index contributed by atoms with van der Waals surface area (Å²) in [6.45, 7) is 2.02. The average Bonchev–Trinajstić information content (AvgIpc) is 3.41. The normalized spacial score (nSPS) is 10.9. The summed E-state index contributed by atoms with van der Waals surface area (Å²) in [5.41, 5.74) is 3.01. The maximum atomic E-state index is 5.74. The van der Waals surface area contributed by atoms with Gasteiger partial charge in [-0.15, -0.1) is 20.4 Å². The smallest absolute Gasteiger partial charge is 0.277 e. The maximum absolute atomic E-state index is 5.74. The second kappa shape index (κ2) is 9.00. The summed E-state index contributed by atoms with van der Waals surface area (Å²) in [5.74, 6) is 3.27. The van der Waals surface area contributed by atoms with Gasteiger partial charge < -0.3 is 18.3 Å². The van der Waals surface area contributed by atoms with Crippen molar-refractivity contribution in [1.29, 1.82) is 0 Å². The van der Waals surface area contributed by atoms with E-state index in [-0.39, 0.29) is 0 Å². The van der Waals surface area contributed by atoms with E-state index in [0.29, 0.717) is 46.6 Å². The highest BCUT2D eigenvalue weighted by atomic mass is 32.2. The minimum absolute atomic E-state index is 0.441. The number of hydrogen-bond acceptors (Lipinski definition) is 9. The first-order valence-corrected chi connectivity index (χ1v) is 10.2. The summed E-state index contributed by atoms with van der Waals surface area (Å²) >= 11 is 1.35. The van der Waals surface area contributed by atoms with E-state index in [1.54, 1.807) is 14.2 Å². The quantitative estimate of drug-likeness (QED) is 0.383. The van der Waals surface area contributed by atoms with Crippen LogP contribution in [0.2, 0.25) is 0 Å². The minimum Gasteiger partial charge on any atom is -0.493 e. The predicted octanol–water partition coefficient (Wildman–Crippen LogP) is 4.33. The molecule has 0 atom stereocenters. The molecule has 0 unspecified atom stereocenters. The van der Waals surface area contributed by atoms with Crippen LogP contribution in [0.5, 0.6) is 11.5 Å². The van der Waals surface area contributed by atoms with E-state index in [0.717, 1.165) is 16.7 Å². The molecule has 4 rings (SSSR count). The molecule has 4 aromatic rings. The van der Waals surface area contributed by atoms with E-state index in [1.807, 2.05) is 49.4 Å². The number of thioether (sulfide) groups is 1. The Morgan fingerprint density at radius 1 is 0.867 bits per heavy atom. The third-order valence-corrected chi connectivity index (χ3v) is 5.11. The monoisotopic (exact) mass is 424 g/mol. The molecule has 8 nitrogen and oxygen atoms in total. The fourth-order valence-electron chi connectivity index (χ4n) is 2.86. The Morgan fingerprint density at radius 2 is 1.70 bits per heavy atom. The van der Waals surface area contributed by atoms with Gasteiger partial charge in [-0.1, -0.05) is 35.5 Å². The van der Waals surface area contributed by atoms with Crippen LogP contribution in [0, 0.1) is 6.92 Å². The number of rotatable bonds is 8. The Bertz CT molecular complexity index is 1140. The van der Waals surface area contributed by atoms with Gasteiger partial charge in [0.1, 0.15) is 0 Å². The fourth-order valence-corrected chi connectivity index (χ4v) is 3.48.